The van der Waals surface area contributed by atoms with Gasteiger partial charge in [-0.3, -0.25) is 0 Å². The number of hydrogen-bond donors (Lipinski definition) is 0. The van der Waals surface area contributed by atoms with E-state index < -0.39 is 27.9 Å². The summed E-state index contributed by atoms with van der Waals surface area (Å²) in [6, 6.07) is 7.94. The van der Waals surface area contributed by atoms with Crippen molar-refractivity contribution in [1.82, 2.24) is 9.78 Å². The van der Waals surface area contributed by atoms with Gasteiger partial charge < -0.3 is 0 Å². The summed E-state index contributed by atoms with van der Waals surface area (Å²) in [6.45, 7) is 0.744. The third kappa shape index (κ3) is 4.73. The molecule has 1 aliphatic rings. The molecule has 3 rings (SSSR count). The molecule has 0 aliphatic heterocycles. The van der Waals surface area contributed by atoms with Crippen LogP contribution in [-0.4, -0.2) is 23.1 Å². The van der Waals surface area contributed by atoms with Crippen molar-refractivity contribution in [2.75, 3.05) is 13.3 Å². The van der Waals surface area contributed by atoms with E-state index in [0.29, 0.717) is 6.54 Å². The number of hydrogen-bond acceptors (Lipinski definition) is 2. The second-order valence-electron chi connectivity index (χ2n) is 5.21. The zero-order valence-electron chi connectivity index (χ0n) is 12.1. The van der Waals surface area contributed by atoms with Crippen molar-refractivity contribution in [3.8, 4) is 15.6 Å². The molecule has 0 amide bonds. The predicted octanol–water partition coefficient (Wildman–Crippen LogP) is -0.0908. The zero-order chi connectivity index (χ0) is 15.2. The van der Waals surface area contributed by atoms with Crippen molar-refractivity contribution in [2.45, 2.75) is 19.4 Å². The van der Waals surface area contributed by atoms with Gasteiger partial charge >= 0.3 is 140 Å². The third-order valence-electron chi connectivity index (χ3n) is 3.28. The Kier molecular flexibility index (Phi) is 5.33. The molecule has 5 heteroatoms. The normalized spacial score (nSPS) is 13.7. The van der Waals surface area contributed by atoms with Crippen molar-refractivity contribution in [3.05, 3.63) is 45.8 Å². The zero-order valence-corrected chi connectivity index (χ0v) is 14.3. The van der Waals surface area contributed by atoms with E-state index >= 15 is 0 Å². The summed E-state index contributed by atoms with van der Waals surface area (Å²) in [4.78, 5) is 0. The first kappa shape index (κ1) is 15.3. The van der Waals surface area contributed by atoms with E-state index in [1.54, 1.807) is 10.9 Å². The summed E-state index contributed by atoms with van der Waals surface area (Å²) >= 11 is -0.416. The van der Waals surface area contributed by atoms with Crippen LogP contribution in [-0.2, 0) is 6.54 Å². The van der Waals surface area contributed by atoms with Crippen LogP contribution in [0.5, 0.6) is 5.75 Å². The van der Waals surface area contributed by atoms with Crippen molar-refractivity contribution >= 4 is 0 Å². The second-order valence-corrected chi connectivity index (χ2v) is 7.53. The minimum absolute atomic E-state index is 0.317. The van der Waals surface area contributed by atoms with E-state index in [0.717, 1.165) is 27.4 Å². The van der Waals surface area contributed by atoms with Crippen molar-refractivity contribution in [2.24, 2.45) is 5.92 Å². The monoisotopic (exact) mass is 411 g/mol. The molecule has 1 aromatic carbocycles. The van der Waals surface area contributed by atoms with E-state index in [1.165, 1.54) is 12.8 Å². The van der Waals surface area contributed by atoms with Gasteiger partial charge in [-0.2, -0.15) is 0 Å². The summed E-state index contributed by atoms with van der Waals surface area (Å²) < 4.78 is 24.0. The van der Waals surface area contributed by atoms with Crippen LogP contribution < -0.4 is 25.9 Å². The third-order valence-corrected chi connectivity index (χ3v) is 5.00. The van der Waals surface area contributed by atoms with E-state index in [2.05, 4.69) is 14.9 Å². The van der Waals surface area contributed by atoms with E-state index in [4.69, 9.17) is 4.74 Å². The summed E-state index contributed by atoms with van der Waals surface area (Å²) in [7, 11) is 0. The van der Waals surface area contributed by atoms with Gasteiger partial charge in [0.25, 0.3) is 0 Å². The topological polar surface area (TPSA) is 27.1 Å². The van der Waals surface area contributed by atoms with Crippen molar-refractivity contribution in [3.63, 3.8) is 0 Å². The molecule has 1 saturated carbocycles. The molecule has 0 bridgehead atoms. The molecule has 0 spiro atoms. The SMILES string of the molecule is FCCn1cc([I-]C#Cc2cccc(OCC3CC3)c2)cn1. The maximum absolute atomic E-state index is 12.2. The maximum atomic E-state index is 12.2. The molecular formula is C17H17FIN2O-. The van der Waals surface area contributed by atoms with E-state index in [-0.39, 0.29) is 0 Å². The van der Waals surface area contributed by atoms with Crippen LogP contribution in [0.25, 0.3) is 0 Å². The van der Waals surface area contributed by atoms with Gasteiger partial charge in [-0.25, -0.2) is 0 Å². The second kappa shape index (κ2) is 7.63. The van der Waals surface area contributed by atoms with Gasteiger partial charge in [-0.1, -0.05) is 0 Å². The average Bonchev–Trinajstić information content (AvgIpc) is 3.26. The summed E-state index contributed by atoms with van der Waals surface area (Å²) in [5.41, 5.74) is 0.976. The Morgan fingerprint density at radius 3 is 3.14 bits per heavy atom. The van der Waals surface area contributed by atoms with Gasteiger partial charge in [-0.05, 0) is 0 Å². The number of benzene rings is 1. The number of rotatable bonds is 6. The fraction of sp³-hybridized carbons (Fsp3) is 0.353. The van der Waals surface area contributed by atoms with Crippen LogP contribution in [0, 0.1) is 19.3 Å². The number of alkyl halides is 1. The Morgan fingerprint density at radius 1 is 1.41 bits per heavy atom. The molecule has 1 aromatic heterocycles. The molecule has 22 heavy (non-hydrogen) atoms. The standard InChI is InChI=1S/C17H17FIN2O/c18-7-9-21-12-16(11-20-21)19-8-6-14-2-1-3-17(10-14)22-13-15-4-5-15/h1-3,10-12,15H,4-5,7,9,13H2/q-1. The van der Waals surface area contributed by atoms with Gasteiger partial charge in [0.15, 0.2) is 0 Å². The Hall–Kier alpha value is -1.55. The molecule has 0 radical (unpaired) electrons. The Morgan fingerprint density at radius 2 is 2.32 bits per heavy atom. The summed E-state index contributed by atoms with van der Waals surface area (Å²) in [6.07, 6.45) is 6.25. The number of nitrogens with zero attached hydrogens (tertiary/aromatic N) is 2. The number of aryl methyl sites for hydroxylation is 1. The van der Waals surface area contributed by atoms with Crippen LogP contribution in [0.1, 0.15) is 18.4 Å². The molecule has 0 unspecified atom stereocenters. The molecule has 0 N–H and O–H groups in total. The quantitative estimate of drug-likeness (QED) is 0.491. The van der Waals surface area contributed by atoms with Gasteiger partial charge in [-0.15, -0.1) is 0 Å². The number of halogens is 2. The predicted molar refractivity (Wildman–Crippen MR) is 78.4 cm³/mol. The van der Waals surface area contributed by atoms with Gasteiger partial charge in [0, 0.05) is 0 Å². The molecule has 1 fully saturated rings. The fourth-order valence-electron chi connectivity index (χ4n) is 1.89. The Bertz CT molecular complexity index is 685. The molecular weight excluding hydrogens is 394 g/mol. The van der Waals surface area contributed by atoms with Crippen LogP contribution in [0.15, 0.2) is 36.7 Å². The first-order valence-electron chi connectivity index (χ1n) is 7.29. The van der Waals surface area contributed by atoms with Crippen LogP contribution >= 0.6 is 0 Å². The van der Waals surface area contributed by atoms with Crippen LogP contribution in [0.3, 0.4) is 0 Å². The first-order valence-corrected chi connectivity index (χ1v) is 9.45. The molecule has 3 nitrogen and oxygen atoms in total. The molecule has 116 valence electrons. The molecule has 0 atom stereocenters. The summed E-state index contributed by atoms with van der Waals surface area (Å²) in [5.74, 6) is 4.83. The Labute approximate surface area is 140 Å². The van der Waals surface area contributed by atoms with Gasteiger partial charge in [0.05, 0.1) is 0 Å². The van der Waals surface area contributed by atoms with E-state index in [9.17, 15) is 4.39 Å². The first-order chi connectivity index (χ1) is 10.8. The molecule has 2 aromatic rings. The van der Waals surface area contributed by atoms with E-state index in [1.807, 2.05) is 30.5 Å². The van der Waals surface area contributed by atoms with Gasteiger partial charge in [0.1, 0.15) is 0 Å². The number of aromatic nitrogens is 2. The Balaban J connectivity index is 1.56. The summed E-state index contributed by atoms with van der Waals surface area (Å²) in [5, 5.41) is 4.11. The average molecular weight is 411 g/mol. The van der Waals surface area contributed by atoms with Crippen LogP contribution in [0.2, 0.25) is 0 Å². The minimum atomic E-state index is -0.416. The fourth-order valence-corrected chi connectivity index (χ4v) is 3.37. The molecule has 0 saturated heterocycles. The van der Waals surface area contributed by atoms with Gasteiger partial charge in [0.2, 0.25) is 0 Å². The molecule has 1 heterocycles. The van der Waals surface area contributed by atoms with Crippen molar-refractivity contribution in [1.29, 1.82) is 0 Å². The molecule has 1 aliphatic carbocycles. The number of ether oxygens (including phenoxy) is 1. The van der Waals surface area contributed by atoms with Crippen molar-refractivity contribution < 1.29 is 30.3 Å². The van der Waals surface area contributed by atoms with Crippen LogP contribution in [0.4, 0.5) is 4.39 Å².